The van der Waals surface area contributed by atoms with Gasteiger partial charge >= 0.3 is 0 Å². The largest absolute Gasteiger partial charge is 0.322 e. The van der Waals surface area contributed by atoms with Gasteiger partial charge in [-0.05, 0) is 26.0 Å². The molecular weight excluding hydrogens is 259 g/mol. The van der Waals surface area contributed by atoms with E-state index in [1.54, 1.807) is 17.4 Å². The van der Waals surface area contributed by atoms with Gasteiger partial charge in [0.25, 0.3) is 0 Å². The van der Waals surface area contributed by atoms with Crippen molar-refractivity contribution in [3.63, 3.8) is 0 Å². The standard InChI is InChI=1S/C12H13FN2S.ClH/c1-7(14)12-15-11(8(2)16-12)9-4-3-5-10(13)6-9;/h3-7H,14H2,1-2H3;1H. The van der Waals surface area contributed by atoms with Crippen molar-refractivity contribution < 1.29 is 4.39 Å². The molecule has 0 saturated heterocycles. The highest BCUT2D eigenvalue weighted by molar-refractivity contribution is 7.12. The Labute approximate surface area is 110 Å². The summed E-state index contributed by atoms with van der Waals surface area (Å²) in [6, 6.07) is 6.39. The van der Waals surface area contributed by atoms with Crippen molar-refractivity contribution in [3.8, 4) is 11.3 Å². The number of halogens is 2. The molecule has 1 heterocycles. The van der Waals surface area contributed by atoms with Gasteiger partial charge in [0.05, 0.1) is 11.7 Å². The maximum atomic E-state index is 13.1. The first kappa shape index (κ1) is 14.1. The highest BCUT2D eigenvalue weighted by atomic mass is 35.5. The number of nitrogens with zero attached hydrogens (tertiary/aromatic N) is 1. The number of nitrogens with two attached hydrogens (primary N) is 1. The Hall–Kier alpha value is -0.970. The van der Waals surface area contributed by atoms with Crippen molar-refractivity contribution >= 4 is 23.7 Å². The average molecular weight is 273 g/mol. The van der Waals surface area contributed by atoms with Crippen molar-refractivity contribution in [1.82, 2.24) is 4.98 Å². The number of rotatable bonds is 2. The van der Waals surface area contributed by atoms with Gasteiger partial charge in [-0.25, -0.2) is 9.37 Å². The molecule has 1 atom stereocenters. The molecule has 2 rings (SSSR count). The zero-order valence-corrected chi connectivity index (χ0v) is 11.2. The summed E-state index contributed by atoms with van der Waals surface area (Å²) in [7, 11) is 0. The van der Waals surface area contributed by atoms with Gasteiger partial charge in [0.1, 0.15) is 10.8 Å². The van der Waals surface area contributed by atoms with Crippen LogP contribution >= 0.6 is 23.7 Å². The topological polar surface area (TPSA) is 38.9 Å². The summed E-state index contributed by atoms with van der Waals surface area (Å²) in [6.45, 7) is 3.87. The number of aryl methyl sites for hydroxylation is 1. The smallest absolute Gasteiger partial charge is 0.123 e. The fraction of sp³-hybridized carbons (Fsp3) is 0.250. The number of benzene rings is 1. The zero-order valence-electron chi connectivity index (χ0n) is 9.61. The second-order valence-corrected chi connectivity index (χ2v) is 4.99. The molecule has 5 heteroatoms. The van der Waals surface area contributed by atoms with Gasteiger partial charge in [-0.3, -0.25) is 0 Å². The SMILES string of the molecule is Cc1sc(C(C)N)nc1-c1cccc(F)c1.Cl. The Balaban J connectivity index is 0.00000144. The number of hydrogen-bond acceptors (Lipinski definition) is 3. The highest BCUT2D eigenvalue weighted by Crippen LogP contribution is 2.29. The maximum Gasteiger partial charge on any atom is 0.123 e. The Kier molecular flexibility index (Phi) is 4.62. The Morgan fingerprint density at radius 3 is 2.65 bits per heavy atom. The van der Waals surface area contributed by atoms with E-state index in [1.165, 1.54) is 12.1 Å². The fourth-order valence-corrected chi connectivity index (χ4v) is 2.41. The van der Waals surface area contributed by atoms with Crippen LogP contribution in [-0.4, -0.2) is 4.98 Å². The maximum absolute atomic E-state index is 13.1. The van der Waals surface area contributed by atoms with E-state index in [-0.39, 0.29) is 24.3 Å². The molecule has 0 spiro atoms. The molecule has 0 aliphatic rings. The Morgan fingerprint density at radius 2 is 2.12 bits per heavy atom. The monoisotopic (exact) mass is 272 g/mol. The van der Waals surface area contributed by atoms with Gasteiger partial charge in [0, 0.05) is 10.4 Å². The van der Waals surface area contributed by atoms with Crippen LogP contribution in [0.2, 0.25) is 0 Å². The first-order valence-corrected chi connectivity index (χ1v) is 5.88. The molecule has 17 heavy (non-hydrogen) atoms. The lowest BCUT2D eigenvalue weighted by atomic mass is 10.1. The van der Waals surface area contributed by atoms with E-state index in [0.717, 1.165) is 21.1 Å². The molecule has 0 amide bonds. The van der Waals surface area contributed by atoms with E-state index in [0.29, 0.717) is 0 Å². The normalized spacial score (nSPS) is 12.0. The second kappa shape index (κ2) is 5.58. The predicted molar refractivity (Wildman–Crippen MR) is 72.1 cm³/mol. The van der Waals surface area contributed by atoms with Gasteiger partial charge in [-0.1, -0.05) is 12.1 Å². The van der Waals surface area contributed by atoms with Crippen molar-refractivity contribution in [1.29, 1.82) is 0 Å². The van der Waals surface area contributed by atoms with Crippen LogP contribution in [-0.2, 0) is 0 Å². The predicted octanol–water partition coefficient (Wildman–Crippen LogP) is 3.70. The van der Waals surface area contributed by atoms with Gasteiger partial charge in [0.15, 0.2) is 0 Å². The van der Waals surface area contributed by atoms with Crippen LogP contribution in [0.5, 0.6) is 0 Å². The van der Waals surface area contributed by atoms with Gasteiger partial charge in [-0.2, -0.15) is 0 Å². The molecular formula is C12H14ClFN2S. The van der Waals surface area contributed by atoms with E-state index in [4.69, 9.17) is 5.73 Å². The van der Waals surface area contributed by atoms with Crippen molar-refractivity contribution in [2.45, 2.75) is 19.9 Å². The molecule has 1 aromatic heterocycles. The molecule has 92 valence electrons. The van der Waals surface area contributed by atoms with Crippen LogP contribution in [0.4, 0.5) is 4.39 Å². The summed E-state index contributed by atoms with van der Waals surface area (Å²) in [5.41, 5.74) is 7.41. The summed E-state index contributed by atoms with van der Waals surface area (Å²) < 4.78 is 13.1. The lowest BCUT2D eigenvalue weighted by Gasteiger charge is -1.99. The lowest BCUT2D eigenvalue weighted by Crippen LogP contribution is -2.03. The molecule has 2 N–H and O–H groups in total. The molecule has 2 nitrogen and oxygen atoms in total. The van der Waals surface area contributed by atoms with Gasteiger partial charge in [-0.15, -0.1) is 23.7 Å². The van der Waals surface area contributed by atoms with Crippen LogP contribution in [0.1, 0.15) is 22.9 Å². The molecule has 0 radical (unpaired) electrons. The molecule has 0 aliphatic heterocycles. The summed E-state index contributed by atoms with van der Waals surface area (Å²) in [4.78, 5) is 5.52. The van der Waals surface area contributed by atoms with E-state index in [1.807, 2.05) is 19.9 Å². The second-order valence-electron chi connectivity index (χ2n) is 3.76. The zero-order chi connectivity index (χ0) is 11.7. The summed E-state index contributed by atoms with van der Waals surface area (Å²) >= 11 is 1.56. The molecule has 1 unspecified atom stereocenters. The van der Waals surface area contributed by atoms with Crippen LogP contribution in [0.3, 0.4) is 0 Å². The van der Waals surface area contributed by atoms with E-state index in [9.17, 15) is 4.39 Å². The minimum absolute atomic E-state index is 0. The van der Waals surface area contributed by atoms with Crippen molar-refractivity contribution in [2.24, 2.45) is 5.73 Å². The molecule has 0 fully saturated rings. The molecule has 0 saturated carbocycles. The van der Waals surface area contributed by atoms with E-state index < -0.39 is 0 Å². The van der Waals surface area contributed by atoms with Crippen molar-refractivity contribution in [3.05, 3.63) is 40.0 Å². The Bertz CT molecular complexity index is 511. The summed E-state index contributed by atoms with van der Waals surface area (Å²) in [5, 5.41) is 0.886. The molecule has 1 aromatic carbocycles. The summed E-state index contributed by atoms with van der Waals surface area (Å²) in [5.74, 6) is -0.243. The fourth-order valence-electron chi connectivity index (χ4n) is 1.52. The third kappa shape index (κ3) is 3.03. The Morgan fingerprint density at radius 1 is 1.41 bits per heavy atom. The average Bonchev–Trinajstić information content (AvgIpc) is 2.60. The first-order chi connectivity index (χ1) is 7.58. The third-order valence-corrected chi connectivity index (χ3v) is 3.47. The number of hydrogen-bond donors (Lipinski definition) is 1. The van der Waals surface area contributed by atoms with Crippen molar-refractivity contribution in [2.75, 3.05) is 0 Å². The first-order valence-electron chi connectivity index (χ1n) is 5.07. The quantitative estimate of drug-likeness (QED) is 0.905. The lowest BCUT2D eigenvalue weighted by molar-refractivity contribution is 0.628. The minimum Gasteiger partial charge on any atom is -0.322 e. The van der Waals surface area contributed by atoms with Crippen LogP contribution < -0.4 is 5.73 Å². The third-order valence-electron chi connectivity index (χ3n) is 2.30. The molecule has 2 aromatic rings. The van der Waals surface area contributed by atoms with Gasteiger partial charge < -0.3 is 5.73 Å². The molecule has 0 bridgehead atoms. The number of thiazole rings is 1. The van der Waals surface area contributed by atoms with Gasteiger partial charge in [0.2, 0.25) is 0 Å². The molecule has 0 aliphatic carbocycles. The highest BCUT2D eigenvalue weighted by Gasteiger charge is 2.12. The minimum atomic E-state index is -0.243. The van der Waals surface area contributed by atoms with Crippen LogP contribution in [0.25, 0.3) is 11.3 Å². The van der Waals surface area contributed by atoms with Crippen LogP contribution in [0.15, 0.2) is 24.3 Å². The van der Waals surface area contributed by atoms with Crippen LogP contribution in [0, 0.1) is 12.7 Å². The van der Waals surface area contributed by atoms with E-state index in [2.05, 4.69) is 4.98 Å². The van der Waals surface area contributed by atoms with E-state index >= 15 is 0 Å². The summed E-state index contributed by atoms with van der Waals surface area (Å²) in [6.07, 6.45) is 0. The number of aromatic nitrogens is 1.